The van der Waals surface area contributed by atoms with Crippen LogP contribution in [-0.4, -0.2) is 10.9 Å². The van der Waals surface area contributed by atoms with Gasteiger partial charge in [-0.15, -0.1) is 11.3 Å². The molecule has 2 aromatic heterocycles. The Morgan fingerprint density at radius 3 is 2.67 bits per heavy atom. The van der Waals surface area contributed by atoms with Gasteiger partial charge >= 0.3 is 0 Å². The van der Waals surface area contributed by atoms with E-state index in [-0.39, 0.29) is 11.4 Å². The number of anilines is 1. The molecule has 3 aromatic rings. The first-order valence-corrected chi connectivity index (χ1v) is 8.28. The van der Waals surface area contributed by atoms with Gasteiger partial charge in [0.25, 0.3) is 5.91 Å². The molecule has 3 rings (SSSR count). The Bertz CT molecular complexity index is 895. The number of rotatable bonds is 5. The summed E-state index contributed by atoms with van der Waals surface area (Å²) in [6, 6.07) is 14.5. The molecule has 0 radical (unpaired) electrons. The van der Waals surface area contributed by atoms with Gasteiger partial charge in [-0.1, -0.05) is 23.7 Å². The van der Waals surface area contributed by atoms with E-state index in [1.165, 1.54) is 11.3 Å². The van der Waals surface area contributed by atoms with E-state index in [0.717, 1.165) is 15.6 Å². The highest BCUT2D eigenvalue weighted by molar-refractivity contribution is 7.13. The van der Waals surface area contributed by atoms with Gasteiger partial charge < -0.3 is 16.2 Å². The van der Waals surface area contributed by atoms with E-state index in [1.807, 2.05) is 30.3 Å². The summed E-state index contributed by atoms with van der Waals surface area (Å²) in [7, 11) is 0. The molecule has 5 nitrogen and oxygen atoms in total. The largest absolute Gasteiger partial charge is 0.445 e. The molecule has 0 saturated carbocycles. The number of carbonyl (C=O) groups excluding carboxylic acids is 1. The zero-order valence-corrected chi connectivity index (χ0v) is 14.1. The lowest BCUT2D eigenvalue weighted by Crippen LogP contribution is -2.14. The van der Waals surface area contributed by atoms with Gasteiger partial charge in [-0.3, -0.25) is 4.79 Å². The van der Waals surface area contributed by atoms with Crippen LogP contribution in [0.2, 0.25) is 5.02 Å². The number of primary amides is 1. The molecule has 1 amide bonds. The molecule has 4 N–H and O–H groups in total. The van der Waals surface area contributed by atoms with Crippen LogP contribution < -0.4 is 16.2 Å². The molecule has 1 aromatic carbocycles. The summed E-state index contributed by atoms with van der Waals surface area (Å²) in [5.41, 5.74) is 12.0. The first-order chi connectivity index (χ1) is 11.5. The van der Waals surface area contributed by atoms with Gasteiger partial charge in [-0.05, 0) is 36.4 Å². The summed E-state index contributed by atoms with van der Waals surface area (Å²) >= 11 is 7.58. The van der Waals surface area contributed by atoms with Crippen LogP contribution in [0.3, 0.4) is 0 Å². The molecular formula is C17H14ClN3O2S. The van der Waals surface area contributed by atoms with Gasteiger partial charge in [0.1, 0.15) is 11.6 Å². The lowest BCUT2D eigenvalue weighted by atomic mass is 10.2. The fourth-order valence-electron chi connectivity index (χ4n) is 2.15. The average molecular weight is 360 g/mol. The van der Waals surface area contributed by atoms with Crippen LogP contribution in [0.5, 0.6) is 10.8 Å². The summed E-state index contributed by atoms with van der Waals surface area (Å²) in [5, 5.41) is 1.30. The predicted molar refractivity (Wildman–Crippen MR) is 95.8 cm³/mol. The van der Waals surface area contributed by atoms with E-state index in [0.29, 0.717) is 17.2 Å². The highest BCUT2D eigenvalue weighted by Gasteiger charge is 2.10. The quantitative estimate of drug-likeness (QED) is 0.723. The number of hydrogen-bond acceptors (Lipinski definition) is 5. The molecule has 0 atom stereocenters. The summed E-state index contributed by atoms with van der Waals surface area (Å²) < 4.78 is 5.78. The van der Waals surface area contributed by atoms with Crippen LogP contribution in [0.4, 0.5) is 5.82 Å². The molecule has 0 aliphatic carbocycles. The molecular weight excluding hydrogens is 346 g/mol. The number of pyridine rings is 1. The van der Waals surface area contributed by atoms with Crippen LogP contribution in [0.1, 0.15) is 20.9 Å². The second-order valence-electron chi connectivity index (χ2n) is 5.03. The molecule has 7 heteroatoms. The van der Waals surface area contributed by atoms with E-state index in [9.17, 15) is 4.79 Å². The molecule has 0 saturated heterocycles. The van der Waals surface area contributed by atoms with E-state index in [2.05, 4.69) is 4.98 Å². The summed E-state index contributed by atoms with van der Waals surface area (Å²) in [6.07, 6.45) is 0.583. The van der Waals surface area contributed by atoms with E-state index >= 15 is 0 Å². The zero-order chi connectivity index (χ0) is 17.1. The Kier molecular flexibility index (Phi) is 4.69. The Balaban J connectivity index is 1.73. The Labute approximate surface area is 147 Å². The monoisotopic (exact) mass is 359 g/mol. The Hall–Kier alpha value is -2.57. The second-order valence-corrected chi connectivity index (χ2v) is 6.57. The van der Waals surface area contributed by atoms with Crippen LogP contribution in [0.25, 0.3) is 0 Å². The van der Waals surface area contributed by atoms with Crippen molar-refractivity contribution < 1.29 is 9.53 Å². The maximum absolute atomic E-state index is 11.2. The van der Waals surface area contributed by atoms with Gasteiger partial charge in [-0.25, -0.2) is 4.98 Å². The third-order valence-electron chi connectivity index (χ3n) is 3.29. The molecule has 122 valence electrons. The topological polar surface area (TPSA) is 91.2 Å². The third kappa shape index (κ3) is 3.67. The number of para-hydroxylation sites is 1. The third-order valence-corrected chi connectivity index (χ3v) is 4.56. The number of nitrogens with two attached hydrogens (primary N) is 2. The van der Waals surface area contributed by atoms with Gasteiger partial charge in [0, 0.05) is 17.0 Å². The number of nitrogens with zero attached hydrogens (tertiary/aromatic N) is 1. The molecule has 0 bridgehead atoms. The van der Waals surface area contributed by atoms with Crippen molar-refractivity contribution in [2.24, 2.45) is 5.73 Å². The van der Waals surface area contributed by atoms with Crippen LogP contribution >= 0.6 is 22.9 Å². The van der Waals surface area contributed by atoms with Crippen molar-refractivity contribution in [2.75, 3.05) is 5.73 Å². The summed E-state index contributed by atoms with van der Waals surface area (Å²) in [5.74, 6) is 0.169. The molecule has 0 spiro atoms. The first-order valence-electron chi connectivity index (χ1n) is 7.09. The molecule has 2 heterocycles. The highest BCUT2D eigenvalue weighted by atomic mass is 35.5. The minimum absolute atomic E-state index is 0.143. The first kappa shape index (κ1) is 16.3. The number of halogens is 1. The Morgan fingerprint density at radius 1 is 1.17 bits per heavy atom. The number of ether oxygens (including phenoxy) is 1. The van der Waals surface area contributed by atoms with Crippen molar-refractivity contribution in [1.29, 1.82) is 0 Å². The average Bonchev–Trinajstić information content (AvgIpc) is 2.96. The summed E-state index contributed by atoms with van der Waals surface area (Å²) in [4.78, 5) is 16.4. The van der Waals surface area contributed by atoms with Crippen molar-refractivity contribution in [3.63, 3.8) is 0 Å². The number of nitrogen functional groups attached to an aromatic ring is 1. The van der Waals surface area contributed by atoms with Gasteiger partial charge in [0.05, 0.1) is 10.6 Å². The number of hydrogen-bond donors (Lipinski definition) is 2. The molecule has 0 unspecified atom stereocenters. The van der Waals surface area contributed by atoms with Crippen molar-refractivity contribution in [2.45, 2.75) is 6.42 Å². The number of thiophene rings is 1. The van der Waals surface area contributed by atoms with E-state index in [1.54, 1.807) is 18.2 Å². The SMILES string of the molecule is NC(=O)c1ccc(Cc2ccc(Oc3ccccc3Cl)s2)nc1N. The minimum Gasteiger partial charge on any atom is -0.445 e. The van der Waals surface area contributed by atoms with E-state index in [4.69, 9.17) is 27.8 Å². The lowest BCUT2D eigenvalue weighted by Gasteiger charge is -2.05. The van der Waals surface area contributed by atoms with Crippen molar-refractivity contribution in [3.8, 4) is 10.8 Å². The predicted octanol–water partition coefficient (Wildman–Crippen LogP) is 3.86. The minimum atomic E-state index is -0.585. The van der Waals surface area contributed by atoms with Crippen molar-refractivity contribution in [1.82, 2.24) is 4.98 Å². The van der Waals surface area contributed by atoms with Crippen molar-refractivity contribution in [3.05, 3.63) is 69.7 Å². The maximum atomic E-state index is 11.2. The van der Waals surface area contributed by atoms with E-state index < -0.39 is 5.91 Å². The van der Waals surface area contributed by atoms with Crippen LogP contribution in [-0.2, 0) is 6.42 Å². The zero-order valence-electron chi connectivity index (χ0n) is 12.5. The lowest BCUT2D eigenvalue weighted by molar-refractivity contribution is 0.100. The van der Waals surface area contributed by atoms with Gasteiger partial charge in [0.15, 0.2) is 5.06 Å². The molecule has 24 heavy (non-hydrogen) atoms. The Morgan fingerprint density at radius 2 is 1.96 bits per heavy atom. The smallest absolute Gasteiger partial charge is 0.252 e. The number of carbonyl (C=O) groups is 1. The fraction of sp³-hybridized carbons (Fsp3) is 0.0588. The molecule has 0 aliphatic rings. The maximum Gasteiger partial charge on any atom is 0.252 e. The van der Waals surface area contributed by atoms with Crippen LogP contribution in [0, 0.1) is 0 Å². The van der Waals surface area contributed by atoms with Crippen LogP contribution in [0.15, 0.2) is 48.5 Å². The van der Waals surface area contributed by atoms with Gasteiger partial charge in [-0.2, -0.15) is 0 Å². The molecule has 0 fully saturated rings. The standard InChI is InChI=1S/C17H14ClN3O2S/c18-13-3-1-2-4-14(13)23-15-8-6-11(24-15)9-10-5-7-12(17(20)22)16(19)21-10/h1-8H,9H2,(H2,19,21)(H2,20,22). The van der Waals surface area contributed by atoms with Crippen molar-refractivity contribution >= 4 is 34.7 Å². The number of aromatic nitrogens is 1. The summed E-state index contributed by atoms with van der Waals surface area (Å²) in [6.45, 7) is 0. The normalized spacial score (nSPS) is 10.5. The fourth-order valence-corrected chi connectivity index (χ4v) is 3.20. The second kappa shape index (κ2) is 6.90. The highest BCUT2D eigenvalue weighted by Crippen LogP contribution is 2.34. The van der Waals surface area contributed by atoms with Gasteiger partial charge in [0.2, 0.25) is 0 Å². The number of amides is 1. The number of benzene rings is 1. The molecule has 0 aliphatic heterocycles.